The molecule has 0 aromatic carbocycles. The SMILES string of the molecule is CC(=O)Cc1cc(=O)[nH]c(=S)[nH]1. The number of aromatic amines is 2. The first-order chi connectivity index (χ1) is 5.58. The van der Waals surface area contributed by atoms with Gasteiger partial charge in [0, 0.05) is 18.2 Å². The minimum absolute atomic E-state index is 0.00810. The van der Waals surface area contributed by atoms with Crippen LogP contribution < -0.4 is 5.56 Å². The van der Waals surface area contributed by atoms with E-state index in [9.17, 15) is 9.59 Å². The van der Waals surface area contributed by atoms with Crippen LogP contribution in [-0.4, -0.2) is 15.8 Å². The van der Waals surface area contributed by atoms with Gasteiger partial charge >= 0.3 is 0 Å². The summed E-state index contributed by atoms with van der Waals surface area (Å²) in [5, 5.41) is 0. The van der Waals surface area contributed by atoms with Crippen molar-refractivity contribution in [1.82, 2.24) is 9.97 Å². The number of rotatable bonds is 2. The van der Waals surface area contributed by atoms with Crippen LogP contribution in [0.25, 0.3) is 0 Å². The third-order valence-corrected chi connectivity index (χ3v) is 1.46. The minimum atomic E-state index is -0.282. The molecule has 64 valence electrons. The van der Waals surface area contributed by atoms with Crippen molar-refractivity contribution < 1.29 is 4.79 Å². The smallest absolute Gasteiger partial charge is 0.251 e. The highest BCUT2D eigenvalue weighted by atomic mass is 32.1. The maximum Gasteiger partial charge on any atom is 0.251 e. The van der Waals surface area contributed by atoms with Crippen LogP contribution in [0.1, 0.15) is 12.6 Å². The molecule has 0 radical (unpaired) electrons. The van der Waals surface area contributed by atoms with Gasteiger partial charge in [-0.3, -0.25) is 14.6 Å². The van der Waals surface area contributed by atoms with Crippen LogP contribution in [0.3, 0.4) is 0 Å². The van der Waals surface area contributed by atoms with Crippen LogP contribution in [0.2, 0.25) is 0 Å². The molecule has 0 aliphatic rings. The van der Waals surface area contributed by atoms with Gasteiger partial charge in [0.25, 0.3) is 5.56 Å². The number of hydrogen-bond donors (Lipinski definition) is 2. The third-order valence-electron chi connectivity index (χ3n) is 1.26. The van der Waals surface area contributed by atoms with Crippen LogP contribution in [0, 0.1) is 4.77 Å². The molecule has 1 aromatic heterocycles. The highest BCUT2D eigenvalue weighted by molar-refractivity contribution is 7.71. The molecule has 12 heavy (non-hydrogen) atoms. The van der Waals surface area contributed by atoms with Crippen molar-refractivity contribution in [3.05, 3.63) is 26.9 Å². The molecule has 0 fully saturated rings. The van der Waals surface area contributed by atoms with E-state index in [1.54, 1.807) is 0 Å². The molecule has 4 nitrogen and oxygen atoms in total. The Hall–Kier alpha value is -1.23. The summed E-state index contributed by atoms with van der Waals surface area (Å²) in [6, 6.07) is 1.33. The monoisotopic (exact) mass is 184 g/mol. The molecule has 0 aliphatic heterocycles. The van der Waals surface area contributed by atoms with Crippen LogP contribution in [0.5, 0.6) is 0 Å². The van der Waals surface area contributed by atoms with E-state index >= 15 is 0 Å². The maximum absolute atomic E-state index is 10.8. The fourth-order valence-corrected chi connectivity index (χ4v) is 1.11. The molecule has 0 aliphatic carbocycles. The number of carbonyl (C=O) groups is 1. The summed E-state index contributed by atoms with van der Waals surface area (Å²) in [4.78, 5) is 26.6. The molecular weight excluding hydrogens is 176 g/mol. The van der Waals surface area contributed by atoms with Crippen LogP contribution in [0.15, 0.2) is 10.9 Å². The Labute approximate surface area is 73.6 Å². The summed E-state index contributed by atoms with van der Waals surface area (Å²) in [6.07, 6.45) is 0.216. The maximum atomic E-state index is 10.8. The fraction of sp³-hybridized carbons (Fsp3) is 0.286. The topological polar surface area (TPSA) is 65.7 Å². The van der Waals surface area contributed by atoms with Crippen LogP contribution >= 0.6 is 12.2 Å². The van der Waals surface area contributed by atoms with Gasteiger partial charge < -0.3 is 4.98 Å². The molecule has 0 spiro atoms. The van der Waals surface area contributed by atoms with Gasteiger partial charge in [0.05, 0.1) is 0 Å². The second kappa shape index (κ2) is 3.44. The van der Waals surface area contributed by atoms with Crippen LogP contribution in [0.4, 0.5) is 0 Å². The minimum Gasteiger partial charge on any atom is -0.335 e. The number of carbonyl (C=O) groups excluding carboxylic acids is 1. The van der Waals surface area contributed by atoms with E-state index in [1.807, 2.05) is 0 Å². The normalized spacial score (nSPS) is 9.75. The molecule has 1 aromatic rings. The Balaban J connectivity index is 3.09. The number of H-pyrrole nitrogens is 2. The number of aromatic nitrogens is 2. The standard InChI is InChI=1S/C7H8N2O2S/c1-4(10)2-5-3-6(11)9-7(12)8-5/h3H,2H2,1H3,(H2,8,9,11,12). The largest absolute Gasteiger partial charge is 0.335 e. The quantitative estimate of drug-likeness (QED) is 0.660. The van der Waals surface area contributed by atoms with E-state index in [0.29, 0.717) is 5.69 Å². The average molecular weight is 184 g/mol. The van der Waals surface area contributed by atoms with Crippen LogP contribution in [-0.2, 0) is 11.2 Å². The summed E-state index contributed by atoms with van der Waals surface area (Å²) in [6.45, 7) is 1.46. The number of nitrogens with one attached hydrogen (secondary N) is 2. The average Bonchev–Trinajstić information content (AvgIpc) is 1.81. The highest BCUT2D eigenvalue weighted by Gasteiger charge is 1.98. The Morgan fingerprint density at radius 3 is 2.75 bits per heavy atom. The van der Waals surface area contributed by atoms with Gasteiger partial charge in [0.1, 0.15) is 5.78 Å². The van der Waals surface area contributed by atoms with Gasteiger partial charge in [-0.05, 0) is 19.1 Å². The van der Waals surface area contributed by atoms with Gasteiger partial charge in [-0.15, -0.1) is 0 Å². The zero-order valence-corrected chi connectivity index (χ0v) is 7.33. The number of ketones is 1. The summed E-state index contributed by atoms with van der Waals surface area (Å²) >= 11 is 4.72. The molecule has 1 rings (SSSR count). The first-order valence-corrected chi connectivity index (χ1v) is 3.81. The first-order valence-electron chi connectivity index (χ1n) is 3.40. The lowest BCUT2D eigenvalue weighted by atomic mass is 10.2. The van der Waals surface area contributed by atoms with Crippen molar-refractivity contribution in [2.45, 2.75) is 13.3 Å². The second-order valence-corrected chi connectivity index (χ2v) is 2.90. The molecule has 1 heterocycles. The fourth-order valence-electron chi connectivity index (χ4n) is 0.883. The zero-order valence-electron chi connectivity index (χ0n) is 6.51. The molecule has 0 amide bonds. The predicted octanol–water partition coefficient (Wildman–Crippen LogP) is 0.564. The number of hydrogen-bond acceptors (Lipinski definition) is 3. The highest BCUT2D eigenvalue weighted by Crippen LogP contribution is 1.91. The Bertz CT molecular complexity index is 376. The van der Waals surface area contributed by atoms with E-state index < -0.39 is 0 Å². The van der Waals surface area contributed by atoms with Crippen molar-refractivity contribution in [3.63, 3.8) is 0 Å². The van der Waals surface area contributed by atoms with Crippen molar-refractivity contribution in [2.24, 2.45) is 0 Å². The van der Waals surface area contributed by atoms with E-state index in [0.717, 1.165) is 0 Å². The molecule has 5 heteroatoms. The van der Waals surface area contributed by atoms with Crippen molar-refractivity contribution in [1.29, 1.82) is 0 Å². The molecule has 0 bridgehead atoms. The molecule has 0 saturated heterocycles. The lowest BCUT2D eigenvalue weighted by Crippen LogP contribution is -2.10. The van der Waals surface area contributed by atoms with E-state index in [2.05, 4.69) is 9.97 Å². The Morgan fingerprint density at radius 1 is 1.58 bits per heavy atom. The van der Waals surface area contributed by atoms with Gasteiger partial charge in [-0.2, -0.15) is 0 Å². The molecule has 2 N–H and O–H groups in total. The first kappa shape index (κ1) is 8.86. The zero-order chi connectivity index (χ0) is 9.14. The molecular formula is C7H8N2O2S. The summed E-state index contributed by atoms with van der Waals surface area (Å²) < 4.78 is 0.249. The predicted molar refractivity (Wildman–Crippen MR) is 46.6 cm³/mol. The van der Waals surface area contributed by atoms with Gasteiger partial charge in [0.2, 0.25) is 0 Å². The summed E-state index contributed by atoms with van der Waals surface area (Å²) in [7, 11) is 0. The Kier molecular flexibility index (Phi) is 2.54. The van der Waals surface area contributed by atoms with Gasteiger partial charge in [0.15, 0.2) is 4.77 Å². The van der Waals surface area contributed by atoms with Crippen molar-refractivity contribution >= 4 is 18.0 Å². The molecule has 0 atom stereocenters. The van der Waals surface area contributed by atoms with Crippen molar-refractivity contribution in [2.75, 3.05) is 0 Å². The number of Topliss-reactive ketones (excluding diaryl/α,β-unsaturated/α-hetero) is 1. The third kappa shape index (κ3) is 2.43. The molecule has 0 unspecified atom stereocenters. The van der Waals surface area contributed by atoms with E-state index in [4.69, 9.17) is 12.2 Å². The summed E-state index contributed by atoms with van der Waals surface area (Å²) in [5.74, 6) is -0.00810. The van der Waals surface area contributed by atoms with E-state index in [-0.39, 0.29) is 22.5 Å². The van der Waals surface area contributed by atoms with Gasteiger partial charge in [-0.25, -0.2) is 0 Å². The summed E-state index contributed by atoms with van der Waals surface area (Å²) in [5.41, 5.74) is 0.270. The lowest BCUT2D eigenvalue weighted by molar-refractivity contribution is -0.116. The van der Waals surface area contributed by atoms with Gasteiger partial charge in [-0.1, -0.05) is 0 Å². The lowest BCUT2D eigenvalue weighted by Gasteiger charge is -1.95. The molecule has 0 saturated carbocycles. The Morgan fingerprint density at radius 2 is 2.25 bits per heavy atom. The second-order valence-electron chi connectivity index (χ2n) is 2.49. The van der Waals surface area contributed by atoms with E-state index in [1.165, 1.54) is 13.0 Å². The van der Waals surface area contributed by atoms with Crippen molar-refractivity contribution in [3.8, 4) is 0 Å².